The maximum Gasteiger partial charge on any atom is 0.333 e. The highest BCUT2D eigenvalue weighted by Crippen LogP contribution is 2.66. The zero-order chi connectivity index (χ0) is 16.3. The van der Waals surface area contributed by atoms with Crippen LogP contribution >= 0.6 is 0 Å². The van der Waals surface area contributed by atoms with Gasteiger partial charge >= 0.3 is 5.97 Å². The second kappa shape index (κ2) is 5.08. The van der Waals surface area contributed by atoms with Gasteiger partial charge in [0.2, 0.25) is 0 Å². The molecule has 4 atom stereocenters. The van der Waals surface area contributed by atoms with Crippen LogP contribution in [0.3, 0.4) is 0 Å². The summed E-state index contributed by atoms with van der Waals surface area (Å²) in [6.07, 6.45) is 10.4. The average molecular weight is 318 g/mol. The summed E-state index contributed by atoms with van der Waals surface area (Å²) < 4.78 is 11.1. The van der Waals surface area contributed by atoms with Crippen molar-refractivity contribution in [2.24, 2.45) is 22.7 Å². The first-order valence-corrected chi connectivity index (χ1v) is 9.38. The Hall–Kier alpha value is -0.830. The summed E-state index contributed by atoms with van der Waals surface area (Å²) in [5.74, 6) is 1.23. The molecule has 0 N–H and O–H groups in total. The number of carbonyl (C=O) groups is 1. The highest BCUT2D eigenvalue weighted by molar-refractivity contribution is 5.90. The number of epoxide rings is 1. The molecule has 3 nitrogen and oxygen atoms in total. The van der Waals surface area contributed by atoms with Gasteiger partial charge < -0.3 is 9.47 Å². The molecule has 3 heteroatoms. The second-order valence-electron chi connectivity index (χ2n) is 9.20. The average Bonchev–Trinajstić information content (AvgIpc) is 3.12. The number of ether oxygens (including phenoxy) is 2. The molecule has 0 aromatic rings. The monoisotopic (exact) mass is 318 g/mol. The number of fused-ring (bicyclic) bond motifs is 1. The standard InChI is InChI=1S/C20H30O3/c1-18(2)9-4-10-19(3)15(18)7-11-20(13-23-20)16(19)6-5-14-8-12-22-17(14)21/h5,15-16H,4,6-13H2,1-3H3/b14-5-. The molecule has 2 aliphatic heterocycles. The van der Waals surface area contributed by atoms with E-state index in [0.29, 0.717) is 23.4 Å². The Balaban J connectivity index is 1.63. The van der Waals surface area contributed by atoms with E-state index in [0.717, 1.165) is 30.9 Å². The number of cyclic esters (lactones) is 1. The van der Waals surface area contributed by atoms with Gasteiger partial charge in [-0.15, -0.1) is 0 Å². The lowest BCUT2D eigenvalue weighted by Gasteiger charge is -2.59. The molecule has 4 unspecified atom stereocenters. The SMILES string of the molecule is CC1(C)CCCC2(C)C1CCC1(CO1)C2C/C=C1/CCOC1=O. The highest BCUT2D eigenvalue weighted by atomic mass is 16.6. The quantitative estimate of drug-likeness (QED) is 0.434. The van der Waals surface area contributed by atoms with Gasteiger partial charge in [0.05, 0.1) is 18.8 Å². The first kappa shape index (κ1) is 15.7. The van der Waals surface area contributed by atoms with Crippen LogP contribution < -0.4 is 0 Å². The van der Waals surface area contributed by atoms with Crippen LogP contribution in [0.5, 0.6) is 0 Å². The first-order valence-electron chi connectivity index (χ1n) is 9.38. The molecule has 4 aliphatic rings. The Morgan fingerprint density at radius 3 is 2.65 bits per heavy atom. The molecule has 0 amide bonds. The molecule has 2 saturated heterocycles. The lowest BCUT2D eigenvalue weighted by atomic mass is 9.46. The summed E-state index contributed by atoms with van der Waals surface area (Å²) in [7, 11) is 0. The van der Waals surface area contributed by atoms with Crippen LogP contribution in [0.2, 0.25) is 0 Å². The lowest BCUT2D eigenvalue weighted by Crippen LogP contribution is -2.54. The zero-order valence-corrected chi connectivity index (χ0v) is 14.8. The van der Waals surface area contributed by atoms with Crippen molar-refractivity contribution in [1.29, 1.82) is 0 Å². The summed E-state index contributed by atoms with van der Waals surface area (Å²) in [5, 5.41) is 0. The van der Waals surface area contributed by atoms with Gasteiger partial charge in [-0.2, -0.15) is 0 Å². The highest BCUT2D eigenvalue weighted by Gasteiger charge is 2.64. The predicted octanol–water partition coefficient (Wildman–Crippen LogP) is 4.26. The van der Waals surface area contributed by atoms with Crippen molar-refractivity contribution in [2.75, 3.05) is 13.2 Å². The molecule has 23 heavy (non-hydrogen) atoms. The van der Waals surface area contributed by atoms with Gasteiger partial charge in [0, 0.05) is 12.0 Å². The maximum absolute atomic E-state index is 11.8. The molecule has 2 aliphatic carbocycles. The zero-order valence-electron chi connectivity index (χ0n) is 14.8. The van der Waals surface area contributed by atoms with E-state index in [4.69, 9.17) is 9.47 Å². The second-order valence-corrected chi connectivity index (χ2v) is 9.20. The van der Waals surface area contributed by atoms with E-state index in [-0.39, 0.29) is 11.6 Å². The fourth-order valence-corrected chi connectivity index (χ4v) is 6.28. The first-order chi connectivity index (χ1) is 10.9. The van der Waals surface area contributed by atoms with Gasteiger partial charge in [-0.05, 0) is 54.8 Å². The summed E-state index contributed by atoms with van der Waals surface area (Å²) in [4.78, 5) is 11.8. The molecule has 2 saturated carbocycles. The van der Waals surface area contributed by atoms with Crippen LogP contribution in [0.1, 0.15) is 65.7 Å². The van der Waals surface area contributed by atoms with Crippen molar-refractivity contribution in [2.45, 2.75) is 71.3 Å². The van der Waals surface area contributed by atoms with Crippen molar-refractivity contribution in [3.63, 3.8) is 0 Å². The van der Waals surface area contributed by atoms with Gasteiger partial charge in [-0.1, -0.05) is 33.3 Å². The van der Waals surface area contributed by atoms with Crippen LogP contribution in [0.15, 0.2) is 11.6 Å². The van der Waals surface area contributed by atoms with Gasteiger partial charge in [0.1, 0.15) is 0 Å². The number of allylic oxidation sites excluding steroid dienone is 1. The van der Waals surface area contributed by atoms with E-state index in [2.05, 4.69) is 26.8 Å². The van der Waals surface area contributed by atoms with Gasteiger partial charge in [-0.25, -0.2) is 4.79 Å². The Morgan fingerprint density at radius 1 is 1.22 bits per heavy atom. The van der Waals surface area contributed by atoms with Crippen LogP contribution in [0.4, 0.5) is 0 Å². The molecule has 1 spiro atoms. The van der Waals surface area contributed by atoms with Crippen LogP contribution in [0.25, 0.3) is 0 Å². The lowest BCUT2D eigenvalue weighted by molar-refractivity contribution is -0.135. The molecular formula is C20H30O3. The van der Waals surface area contributed by atoms with E-state index < -0.39 is 0 Å². The molecule has 4 fully saturated rings. The fraction of sp³-hybridized carbons (Fsp3) is 0.850. The Bertz CT molecular complexity index is 543. The third kappa shape index (κ3) is 2.38. The van der Waals surface area contributed by atoms with Crippen molar-refractivity contribution in [3.8, 4) is 0 Å². The minimum absolute atomic E-state index is 0.0998. The largest absolute Gasteiger partial charge is 0.462 e. The van der Waals surface area contributed by atoms with Crippen molar-refractivity contribution >= 4 is 5.97 Å². The van der Waals surface area contributed by atoms with Crippen LogP contribution in [-0.4, -0.2) is 24.8 Å². The van der Waals surface area contributed by atoms with Crippen molar-refractivity contribution in [3.05, 3.63) is 11.6 Å². The summed E-state index contributed by atoms with van der Waals surface area (Å²) in [6.45, 7) is 8.92. The number of esters is 1. The fourth-order valence-electron chi connectivity index (χ4n) is 6.28. The third-order valence-corrected chi connectivity index (χ3v) is 7.55. The molecule has 0 aromatic heterocycles. The topological polar surface area (TPSA) is 38.8 Å². The molecule has 2 heterocycles. The van der Waals surface area contributed by atoms with Crippen molar-refractivity contribution in [1.82, 2.24) is 0 Å². The normalized spacial score (nSPS) is 46.7. The molecular weight excluding hydrogens is 288 g/mol. The maximum atomic E-state index is 11.8. The molecule has 4 rings (SSSR count). The van der Waals surface area contributed by atoms with Gasteiger partial charge in [0.25, 0.3) is 0 Å². The summed E-state index contributed by atoms with van der Waals surface area (Å²) >= 11 is 0. The minimum Gasteiger partial charge on any atom is -0.462 e. The van der Waals surface area contributed by atoms with Gasteiger partial charge in [-0.3, -0.25) is 0 Å². The van der Waals surface area contributed by atoms with E-state index in [1.54, 1.807) is 0 Å². The molecule has 128 valence electrons. The Labute approximate surface area is 139 Å². The van der Waals surface area contributed by atoms with Crippen LogP contribution in [-0.2, 0) is 14.3 Å². The summed E-state index contributed by atoms with van der Waals surface area (Å²) in [5.41, 5.74) is 1.77. The van der Waals surface area contributed by atoms with E-state index in [9.17, 15) is 4.79 Å². The van der Waals surface area contributed by atoms with Crippen LogP contribution in [0, 0.1) is 22.7 Å². The molecule has 0 aromatic carbocycles. The Morgan fingerprint density at radius 2 is 2.00 bits per heavy atom. The van der Waals surface area contributed by atoms with Gasteiger partial charge in [0.15, 0.2) is 0 Å². The molecule has 0 radical (unpaired) electrons. The van der Waals surface area contributed by atoms with E-state index in [1.807, 2.05) is 0 Å². The molecule has 0 bridgehead atoms. The minimum atomic E-state index is -0.0998. The smallest absolute Gasteiger partial charge is 0.333 e. The number of hydrogen-bond donors (Lipinski definition) is 0. The van der Waals surface area contributed by atoms with E-state index >= 15 is 0 Å². The Kier molecular flexibility index (Phi) is 3.46. The number of carbonyl (C=O) groups excluding carboxylic acids is 1. The third-order valence-electron chi connectivity index (χ3n) is 7.55. The van der Waals surface area contributed by atoms with Crippen molar-refractivity contribution < 1.29 is 14.3 Å². The predicted molar refractivity (Wildman–Crippen MR) is 88.9 cm³/mol. The number of rotatable bonds is 2. The number of hydrogen-bond acceptors (Lipinski definition) is 3. The summed E-state index contributed by atoms with van der Waals surface area (Å²) in [6, 6.07) is 0. The van der Waals surface area contributed by atoms with E-state index in [1.165, 1.54) is 32.1 Å².